The largest absolute Gasteiger partial charge is 0.465 e. The van der Waals surface area contributed by atoms with Gasteiger partial charge in [0.25, 0.3) is 0 Å². The number of ether oxygens (including phenoxy) is 1. The summed E-state index contributed by atoms with van der Waals surface area (Å²) in [5.74, 6) is -0.819. The number of carbonyl (C=O) groups is 4. The van der Waals surface area contributed by atoms with Crippen LogP contribution in [0.4, 0.5) is 9.59 Å². The van der Waals surface area contributed by atoms with Gasteiger partial charge >= 0.3 is 12.2 Å². The van der Waals surface area contributed by atoms with Gasteiger partial charge < -0.3 is 20.1 Å². The Morgan fingerprint density at radius 3 is 2.28 bits per heavy atom. The second kappa shape index (κ2) is 7.28. The Labute approximate surface area is 146 Å². The van der Waals surface area contributed by atoms with Gasteiger partial charge in [0.05, 0.1) is 0 Å². The number of rotatable bonds is 2. The molecule has 2 rings (SSSR count). The number of nitrogens with zero attached hydrogens (tertiary/aromatic N) is 2. The second-order valence-electron chi connectivity index (χ2n) is 7.35. The molecule has 0 radical (unpaired) electrons. The molecular formula is C16H25N3O6. The fourth-order valence-corrected chi connectivity index (χ4v) is 2.98. The summed E-state index contributed by atoms with van der Waals surface area (Å²) >= 11 is 0. The van der Waals surface area contributed by atoms with Crippen molar-refractivity contribution >= 4 is 24.0 Å². The summed E-state index contributed by atoms with van der Waals surface area (Å²) < 4.78 is 5.22. The minimum Gasteiger partial charge on any atom is -0.465 e. The van der Waals surface area contributed by atoms with Gasteiger partial charge in [0, 0.05) is 25.6 Å². The van der Waals surface area contributed by atoms with E-state index in [9.17, 15) is 19.2 Å². The van der Waals surface area contributed by atoms with E-state index in [1.165, 1.54) is 4.90 Å². The van der Waals surface area contributed by atoms with E-state index in [1.54, 1.807) is 20.8 Å². The fourth-order valence-electron chi connectivity index (χ4n) is 2.98. The Kier molecular flexibility index (Phi) is 5.54. The number of carbonyl (C=O) groups excluding carboxylic acids is 3. The summed E-state index contributed by atoms with van der Waals surface area (Å²) in [7, 11) is 0. The van der Waals surface area contributed by atoms with Gasteiger partial charge in [0.15, 0.2) is 0 Å². The van der Waals surface area contributed by atoms with Crippen LogP contribution in [0.1, 0.15) is 46.5 Å². The molecule has 2 heterocycles. The number of hydrogen-bond donors (Lipinski definition) is 2. The van der Waals surface area contributed by atoms with Crippen LogP contribution < -0.4 is 5.32 Å². The van der Waals surface area contributed by atoms with Crippen molar-refractivity contribution in [3.05, 3.63) is 0 Å². The Morgan fingerprint density at radius 2 is 1.76 bits per heavy atom. The van der Waals surface area contributed by atoms with Crippen molar-refractivity contribution in [3.63, 3.8) is 0 Å². The topological polar surface area (TPSA) is 116 Å². The number of imide groups is 1. The fraction of sp³-hybridized carbons (Fsp3) is 0.750. The van der Waals surface area contributed by atoms with E-state index in [0.29, 0.717) is 25.9 Å². The van der Waals surface area contributed by atoms with Crippen molar-refractivity contribution in [2.45, 2.75) is 64.1 Å². The van der Waals surface area contributed by atoms with E-state index < -0.39 is 35.6 Å². The average molecular weight is 355 g/mol. The molecule has 0 spiro atoms. The predicted octanol–water partition coefficient (Wildman–Crippen LogP) is 1.17. The Morgan fingerprint density at radius 1 is 1.16 bits per heavy atom. The highest BCUT2D eigenvalue weighted by atomic mass is 16.6. The minimum atomic E-state index is -0.970. The number of hydrogen-bond acceptors (Lipinski definition) is 5. The van der Waals surface area contributed by atoms with Gasteiger partial charge in [-0.05, 0) is 40.0 Å². The van der Waals surface area contributed by atoms with Crippen LogP contribution in [-0.4, -0.2) is 69.7 Å². The number of carboxylic acid groups (broad SMARTS) is 1. The molecule has 9 heteroatoms. The molecule has 0 bridgehead atoms. The summed E-state index contributed by atoms with van der Waals surface area (Å²) in [6.45, 7) is 5.77. The van der Waals surface area contributed by atoms with Gasteiger partial charge in [0.2, 0.25) is 11.8 Å². The third-order valence-electron chi connectivity index (χ3n) is 4.22. The number of piperidine rings is 1. The van der Waals surface area contributed by atoms with Gasteiger partial charge in [-0.1, -0.05) is 0 Å². The maximum Gasteiger partial charge on any atom is 0.417 e. The van der Waals surface area contributed by atoms with Gasteiger partial charge in [0.1, 0.15) is 11.6 Å². The first-order valence-electron chi connectivity index (χ1n) is 8.42. The Hall–Kier alpha value is -2.32. The SMILES string of the molecule is CC(C)(C)OC(=O)N1C(=O)CC[C@@H]1C(=O)NC1CCN(C(=O)O)CC1. The summed E-state index contributed by atoms with van der Waals surface area (Å²) in [6.07, 6.45) is -0.388. The molecule has 4 amide bonds. The molecule has 2 fully saturated rings. The van der Waals surface area contributed by atoms with E-state index >= 15 is 0 Å². The lowest BCUT2D eigenvalue weighted by Crippen LogP contribution is -2.53. The smallest absolute Gasteiger partial charge is 0.417 e. The normalized spacial score (nSPS) is 22.0. The van der Waals surface area contributed by atoms with Crippen molar-refractivity contribution in [2.24, 2.45) is 0 Å². The van der Waals surface area contributed by atoms with E-state index in [1.807, 2.05) is 0 Å². The molecule has 1 atom stereocenters. The summed E-state index contributed by atoms with van der Waals surface area (Å²) in [5, 5.41) is 11.8. The van der Waals surface area contributed by atoms with Crippen LogP contribution in [0.15, 0.2) is 0 Å². The molecule has 0 aromatic heterocycles. The van der Waals surface area contributed by atoms with Crippen LogP contribution >= 0.6 is 0 Å². The highest BCUT2D eigenvalue weighted by molar-refractivity contribution is 6.00. The molecule has 0 aromatic carbocycles. The number of nitrogens with one attached hydrogen (secondary N) is 1. The zero-order chi connectivity index (χ0) is 18.8. The lowest BCUT2D eigenvalue weighted by atomic mass is 10.0. The molecule has 2 saturated heterocycles. The van der Waals surface area contributed by atoms with Crippen molar-refractivity contribution < 1.29 is 29.0 Å². The molecule has 0 aromatic rings. The third-order valence-corrected chi connectivity index (χ3v) is 4.22. The van der Waals surface area contributed by atoms with Crippen molar-refractivity contribution in [1.82, 2.24) is 15.1 Å². The molecule has 2 aliphatic rings. The van der Waals surface area contributed by atoms with Gasteiger partial charge in [-0.3, -0.25) is 9.59 Å². The van der Waals surface area contributed by atoms with Gasteiger partial charge in [-0.2, -0.15) is 0 Å². The monoisotopic (exact) mass is 355 g/mol. The molecule has 2 N–H and O–H groups in total. The van der Waals surface area contributed by atoms with Crippen LogP contribution in [0, 0.1) is 0 Å². The van der Waals surface area contributed by atoms with Crippen LogP contribution in [0.3, 0.4) is 0 Å². The van der Waals surface area contributed by atoms with E-state index in [4.69, 9.17) is 9.84 Å². The average Bonchev–Trinajstić information content (AvgIpc) is 2.88. The molecule has 0 aliphatic carbocycles. The lowest BCUT2D eigenvalue weighted by molar-refractivity contribution is -0.135. The highest BCUT2D eigenvalue weighted by Gasteiger charge is 2.43. The summed E-state index contributed by atoms with van der Waals surface area (Å²) in [6, 6.07) is -1.04. The molecule has 0 saturated carbocycles. The molecule has 25 heavy (non-hydrogen) atoms. The highest BCUT2D eigenvalue weighted by Crippen LogP contribution is 2.23. The molecule has 0 unspecified atom stereocenters. The minimum absolute atomic E-state index is 0.120. The zero-order valence-electron chi connectivity index (χ0n) is 14.8. The van der Waals surface area contributed by atoms with Crippen LogP contribution in [0.25, 0.3) is 0 Å². The van der Waals surface area contributed by atoms with Gasteiger partial charge in [-0.25, -0.2) is 14.5 Å². The zero-order valence-corrected chi connectivity index (χ0v) is 14.8. The van der Waals surface area contributed by atoms with Crippen LogP contribution in [0.2, 0.25) is 0 Å². The maximum absolute atomic E-state index is 12.5. The molecule has 2 aliphatic heterocycles. The molecule has 140 valence electrons. The van der Waals surface area contributed by atoms with Crippen molar-refractivity contribution in [2.75, 3.05) is 13.1 Å². The number of likely N-dealkylation sites (tertiary alicyclic amines) is 2. The predicted molar refractivity (Wildman–Crippen MR) is 86.9 cm³/mol. The standard InChI is InChI=1S/C16H25N3O6/c1-16(2,3)25-15(24)19-11(4-5-12(19)20)13(21)17-10-6-8-18(9-7-10)14(22)23/h10-11H,4-9H2,1-3H3,(H,17,21)(H,22,23)/t11-/m1/s1. The Bertz CT molecular complexity index is 563. The van der Waals surface area contributed by atoms with Crippen LogP contribution in [0.5, 0.6) is 0 Å². The third kappa shape index (κ3) is 4.83. The van der Waals surface area contributed by atoms with Crippen molar-refractivity contribution in [1.29, 1.82) is 0 Å². The van der Waals surface area contributed by atoms with Crippen molar-refractivity contribution in [3.8, 4) is 0 Å². The second-order valence-corrected chi connectivity index (χ2v) is 7.35. The van der Waals surface area contributed by atoms with Gasteiger partial charge in [-0.15, -0.1) is 0 Å². The first-order chi connectivity index (χ1) is 11.6. The molecule has 9 nitrogen and oxygen atoms in total. The van der Waals surface area contributed by atoms with E-state index in [2.05, 4.69) is 5.32 Å². The van der Waals surface area contributed by atoms with E-state index in [0.717, 1.165) is 4.90 Å². The quantitative estimate of drug-likeness (QED) is 0.768. The first kappa shape index (κ1) is 19.0. The summed E-state index contributed by atoms with van der Waals surface area (Å²) in [4.78, 5) is 49.8. The first-order valence-corrected chi connectivity index (χ1v) is 8.42. The Balaban J connectivity index is 1.95. The van der Waals surface area contributed by atoms with E-state index in [-0.39, 0.29) is 18.9 Å². The summed E-state index contributed by atoms with van der Waals surface area (Å²) in [5.41, 5.74) is -0.759. The number of amides is 4. The molecular weight excluding hydrogens is 330 g/mol. The van der Waals surface area contributed by atoms with Crippen LogP contribution in [-0.2, 0) is 14.3 Å². The maximum atomic E-state index is 12.5. The lowest BCUT2D eigenvalue weighted by Gasteiger charge is -2.32.